The van der Waals surface area contributed by atoms with Crippen molar-refractivity contribution in [2.75, 3.05) is 6.54 Å². The normalized spacial score (nSPS) is 20.5. The largest absolute Gasteiger partial charge is 0.351 e. The minimum absolute atomic E-state index is 0.0597. The highest BCUT2D eigenvalue weighted by molar-refractivity contribution is 6.30. The number of Topliss-reactive ketones (excluding diaryl/α,β-unsaturated/α-hetero) is 2. The predicted molar refractivity (Wildman–Crippen MR) is 122 cm³/mol. The summed E-state index contributed by atoms with van der Waals surface area (Å²) >= 11 is 5.97. The number of benzene rings is 1. The Kier molecular flexibility index (Phi) is 6.65. The minimum Gasteiger partial charge on any atom is -0.351 e. The average Bonchev–Trinajstić information content (AvgIpc) is 3.36. The lowest BCUT2D eigenvalue weighted by molar-refractivity contribution is -0.125. The number of halogens is 1. The number of aliphatic imine (C=N–C) groups is 1. The van der Waals surface area contributed by atoms with Gasteiger partial charge in [0.05, 0.1) is 16.9 Å². The van der Waals surface area contributed by atoms with Crippen molar-refractivity contribution < 1.29 is 14.4 Å². The van der Waals surface area contributed by atoms with Crippen LogP contribution in [0.2, 0.25) is 5.02 Å². The van der Waals surface area contributed by atoms with Gasteiger partial charge in [0.2, 0.25) is 0 Å². The highest BCUT2D eigenvalue weighted by Gasteiger charge is 2.42. The number of rotatable bonds is 7. The van der Waals surface area contributed by atoms with Crippen LogP contribution in [0.4, 0.5) is 0 Å². The number of allylic oxidation sites excluding steroid dienone is 1. The summed E-state index contributed by atoms with van der Waals surface area (Å²) in [4.78, 5) is 42.2. The fourth-order valence-electron chi connectivity index (χ4n) is 4.30. The quantitative estimate of drug-likeness (QED) is 0.649. The molecule has 1 amide bonds. The van der Waals surface area contributed by atoms with Crippen LogP contribution in [0.25, 0.3) is 5.69 Å². The third kappa shape index (κ3) is 4.58. The third-order valence-electron chi connectivity index (χ3n) is 5.97. The molecular weight excluding hydrogens is 428 g/mol. The van der Waals surface area contributed by atoms with E-state index in [1.54, 1.807) is 23.3 Å². The molecule has 1 N–H and O–H groups in total. The second kappa shape index (κ2) is 9.61. The van der Waals surface area contributed by atoms with Crippen LogP contribution in [-0.2, 0) is 20.8 Å². The molecule has 2 aliphatic rings. The summed E-state index contributed by atoms with van der Waals surface area (Å²) in [6.45, 7) is 2.33. The van der Waals surface area contributed by atoms with E-state index < -0.39 is 5.92 Å². The average molecular weight is 453 g/mol. The molecule has 1 aromatic heterocycles. The van der Waals surface area contributed by atoms with Crippen LogP contribution in [0.5, 0.6) is 0 Å². The Morgan fingerprint density at radius 3 is 2.81 bits per heavy atom. The lowest BCUT2D eigenvalue weighted by Gasteiger charge is -2.15. The fourth-order valence-corrected chi connectivity index (χ4v) is 4.44. The van der Waals surface area contributed by atoms with Crippen molar-refractivity contribution in [3.8, 4) is 5.69 Å². The number of aromatic nitrogens is 2. The Hall–Kier alpha value is -3.06. The van der Waals surface area contributed by atoms with E-state index in [4.69, 9.17) is 11.6 Å². The van der Waals surface area contributed by atoms with Crippen LogP contribution in [-0.4, -0.2) is 40.0 Å². The van der Waals surface area contributed by atoms with Gasteiger partial charge >= 0.3 is 0 Å². The van der Waals surface area contributed by atoms with Gasteiger partial charge in [-0.1, -0.05) is 30.7 Å². The summed E-state index contributed by atoms with van der Waals surface area (Å²) in [5, 5.41) is 7.57. The van der Waals surface area contributed by atoms with Crippen molar-refractivity contribution in [3.63, 3.8) is 0 Å². The van der Waals surface area contributed by atoms with Crippen LogP contribution in [0.1, 0.15) is 49.7 Å². The van der Waals surface area contributed by atoms with Crippen LogP contribution in [0, 0.1) is 5.92 Å². The molecule has 2 atom stereocenters. The van der Waals surface area contributed by atoms with Crippen molar-refractivity contribution in [1.29, 1.82) is 0 Å². The number of carbonyl (C=O) groups is 3. The molecule has 0 spiro atoms. The van der Waals surface area contributed by atoms with Gasteiger partial charge in [0.15, 0.2) is 5.78 Å². The number of hydrogen-bond acceptors (Lipinski definition) is 5. The molecule has 1 aliphatic heterocycles. The predicted octanol–water partition coefficient (Wildman–Crippen LogP) is 3.58. The molecule has 4 rings (SSSR count). The number of nitrogens with one attached hydrogen (secondary N) is 1. The highest BCUT2D eigenvalue weighted by atomic mass is 35.5. The van der Waals surface area contributed by atoms with Crippen LogP contribution in [0.15, 0.2) is 47.4 Å². The van der Waals surface area contributed by atoms with Gasteiger partial charge in [-0.25, -0.2) is 4.68 Å². The molecule has 0 bridgehead atoms. The summed E-state index contributed by atoms with van der Waals surface area (Å²) in [5.41, 5.74) is 2.94. The van der Waals surface area contributed by atoms with E-state index in [-0.39, 0.29) is 29.8 Å². The number of amides is 1. The Balaban J connectivity index is 1.43. The van der Waals surface area contributed by atoms with Gasteiger partial charge in [-0.05, 0) is 48.9 Å². The smallest absolute Gasteiger partial charge is 0.269 e. The lowest BCUT2D eigenvalue weighted by Crippen LogP contribution is -2.28. The van der Waals surface area contributed by atoms with E-state index in [1.165, 1.54) is 0 Å². The molecule has 1 aromatic carbocycles. The Morgan fingerprint density at radius 1 is 1.28 bits per heavy atom. The summed E-state index contributed by atoms with van der Waals surface area (Å²) in [6.07, 6.45) is 9.79. The van der Waals surface area contributed by atoms with Crippen LogP contribution in [0.3, 0.4) is 0 Å². The van der Waals surface area contributed by atoms with Gasteiger partial charge in [0, 0.05) is 31.3 Å². The zero-order chi connectivity index (χ0) is 22.7. The number of hydrogen-bond donors (Lipinski definition) is 1. The molecular formula is C24H25ClN4O3. The fraction of sp³-hybridized carbons (Fsp3) is 0.375. The first-order valence-corrected chi connectivity index (χ1v) is 11.3. The van der Waals surface area contributed by atoms with E-state index in [0.29, 0.717) is 30.1 Å². The molecule has 32 heavy (non-hydrogen) atoms. The Morgan fingerprint density at radius 2 is 2.12 bits per heavy atom. The van der Waals surface area contributed by atoms with Crippen LogP contribution >= 0.6 is 11.6 Å². The summed E-state index contributed by atoms with van der Waals surface area (Å²) < 4.78 is 1.67. The molecule has 1 saturated carbocycles. The summed E-state index contributed by atoms with van der Waals surface area (Å²) in [5.74, 6) is -1.49. The summed E-state index contributed by atoms with van der Waals surface area (Å²) in [6, 6.07) is 5.65. The van der Waals surface area contributed by atoms with Crippen molar-refractivity contribution in [2.24, 2.45) is 10.9 Å². The Labute approximate surface area is 191 Å². The highest BCUT2D eigenvalue weighted by Crippen LogP contribution is 2.36. The van der Waals surface area contributed by atoms with E-state index in [2.05, 4.69) is 15.4 Å². The zero-order valence-corrected chi connectivity index (χ0v) is 18.6. The molecule has 8 heteroatoms. The first-order valence-electron chi connectivity index (χ1n) is 10.9. The molecule has 7 nitrogen and oxygen atoms in total. The van der Waals surface area contributed by atoms with E-state index in [9.17, 15) is 14.4 Å². The van der Waals surface area contributed by atoms with Gasteiger partial charge in [-0.15, -0.1) is 0 Å². The maximum Gasteiger partial charge on any atom is 0.269 e. The van der Waals surface area contributed by atoms with Crippen molar-refractivity contribution in [2.45, 2.75) is 44.9 Å². The molecule has 0 radical (unpaired) electrons. The van der Waals surface area contributed by atoms with E-state index >= 15 is 0 Å². The lowest BCUT2D eigenvalue weighted by atomic mass is 9.88. The molecule has 0 saturated heterocycles. The molecule has 1 aliphatic carbocycles. The van der Waals surface area contributed by atoms with Crippen molar-refractivity contribution in [1.82, 2.24) is 15.1 Å². The number of aryl methyl sites for hydroxylation is 1. The molecule has 2 heterocycles. The molecule has 2 unspecified atom stereocenters. The van der Waals surface area contributed by atoms with E-state index in [1.807, 2.05) is 31.2 Å². The molecule has 2 aromatic rings. The van der Waals surface area contributed by atoms with Gasteiger partial charge in [-0.2, -0.15) is 5.10 Å². The number of nitrogens with zero attached hydrogens (tertiary/aromatic N) is 3. The monoisotopic (exact) mass is 452 g/mol. The third-order valence-corrected chi connectivity index (χ3v) is 6.16. The second-order valence-corrected chi connectivity index (χ2v) is 8.50. The second-order valence-electron chi connectivity index (χ2n) is 8.07. The number of ketones is 2. The van der Waals surface area contributed by atoms with Gasteiger partial charge < -0.3 is 5.32 Å². The van der Waals surface area contributed by atoms with E-state index in [0.717, 1.165) is 29.7 Å². The summed E-state index contributed by atoms with van der Waals surface area (Å²) in [7, 11) is 0. The maximum atomic E-state index is 13.1. The number of carbonyl (C=O) groups excluding carboxylic acids is 3. The van der Waals surface area contributed by atoms with Crippen molar-refractivity contribution >= 4 is 35.3 Å². The maximum absolute atomic E-state index is 13.1. The first-order chi connectivity index (χ1) is 15.5. The zero-order valence-electron chi connectivity index (χ0n) is 17.9. The first kappa shape index (κ1) is 22.1. The van der Waals surface area contributed by atoms with Crippen molar-refractivity contribution in [3.05, 3.63) is 58.5 Å². The molecule has 1 fully saturated rings. The van der Waals surface area contributed by atoms with Gasteiger partial charge in [0.1, 0.15) is 17.4 Å². The SMILES string of the molecule is CCc1cc(-n2cc(Cl)cn2)ccc1C1C(=O)CC(CCNC(=O)C2=CCCC=N2)C1=O. The standard InChI is InChI=1S/C24H25ClN4O3/c1-2-15-11-18(29-14-17(25)13-28-29)6-7-19(15)22-21(30)12-16(23(22)31)8-10-27-24(32)20-5-3-4-9-26-20/h5-7,9,11,13-14,16,22H,2-4,8,10,12H2,1H3,(H,27,32). The topological polar surface area (TPSA) is 93.4 Å². The minimum atomic E-state index is -0.744. The Bertz CT molecular complexity index is 1120. The van der Waals surface area contributed by atoms with Gasteiger partial charge in [-0.3, -0.25) is 19.4 Å². The van der Waals surface area contributed by atoms with Crippen LogP contribution < -0.4 is 5.32 Å². The molecule has 166 valence electrons. The van der Waals surface area contributed by atoms with Gasteiger partial charge in [0.25, 0.3) is 5.91 Å².